The van der Waals surface area contributed by atoms with Gasteiger partial charge < -0.3 is 18.6 Å². The maximum atomic E-state index is 12.0. The summed E-state index contributed by atoms with van der Waals surface area (Å²) in [5.74, 6) is 1.08. The molecular formula is C20H19ClN2O5. The molecule has 0 amide bonds. The van der Waals surface area contributed by atoms with E-state index in [1.54, 1.807) is 50.4 Å². The van der Waals surface area contributed by atoms with Gasteiger partial charge in [0.25, 0.3) is 5.89 Å². The van der Waals surface area contributed by atoms with Crippen LogP contribution in [0.1, 0.15) is 24.5 Å². The van der Waals surface area contributed by atoms with Crippen molar-refractivity contribution >= 4 is 17.6 Å². The molecule has 0 N–H and O–H groups in total. The minimum atomic E-state index is -0.719. The van der Waals surface area contributed by atoms with Crippen LogP contribution in [0, 0.1) is 6.92 Å². The summed E-state index contributed by atoms with van der Waals surface area (Å²) in [4.78, 5) is 12.0. The third-order valence-corrected chi connectivity index (χ3v) is 4.18. The Kier molecular flexibility index (Phi) is 6.16. The molecule has 3 rings (SSSR count). The molecule has 7 nitrogen and oxygen atoms in total. The molecule has 0 spiro atoms. The summed E-state index contributed by atoms with van der Waals surface area (Å²) >= 11 is 6.04. The predicted octanol–water partition coefficient (Wildman–Crippen LogP) is 4.39. The number of methoxy groups -OCH3 is 1. The zero-order valence-electron chi connectivity index (χ0n) is 15.6. The lowest BCUT2D eigenvalue weighted by molar-refractivity contribution is -0.152. The van der Waals surface area contributed by atoms with Gasteiger partial charge in [-0.25, -0.2) is 4.79 Å². The van der Waals surface area contributed by atoms with Gasteiger partial charge >= 0.3 is 5.97 Å². The Hall–Kier alpha value is -3.06. The standard InChI is InChI=1S/C20H19ClN2O5/c1-12-4-9-16(21)17(10-12)26-11-18(24)27-13(2)19-22-23-20(28-19)14-5-7-15(25-3)8-6-14/h4-10,13H,11H2,1-3H3. The SMILES string of the molecule is COc1ccc(-c2nnc(C(C)OC(=O)COc3cc(C)ccc3Cl)o2)cc1. The minimum Gasteiger partial charge on any atom is -0.497 e. The average molecular weight is 403 g/mol. The van der Waals surface area contributed by atoms with Crippen molar-refractivity contribution in [3.63, 3.8) is 0 Å². The Morgan fingerprint density at radius 1 is 1.18 bits per heavy atom. The van der Waals surface area contributed by atoms with Crippen LogP contribution >= 0.6 is 11.6 Å². The molecule has 1 aromatic heterocycles. The van der Waals surface area contributed by atoms with Crippen molar-refractivity contribution in [1.29, 1.82) is 0 Å². The van der Waals surface area contributed by atoms with Gasteiger partial charge in [0.1, 0.15) is 11.5 Å². The van der Waals surface area contributed by atoms with Gasteiger partial charge in [0, 0.05) is 5.56 Å². The number of ether oxygens (including phenoxy) is 3. The zero-order valence-corrected chi connectivity index (χ0v) is 16.4. The van der Waals surface area contributed by atoms with Crippen molar-refractivity contribution in [1.82, 2.24) is 10.2 Å². The van der Waals surface area contributed by atoms with Crippen LogP contribution in [0.2, 0.25) is 5.02 Å². The van der Waals surface area contributed by atoms with Crippen molar-refractivity contribution in [2.75, 3.05) is 13.7 Å². The fraction of sp³-hybridized carbons (Fsp3) is 0.250. The predicted molar refractivity (Wildman–Crippen MR) is 102 cm³/mol. The van der Waals surface area contributed by atoms with Gasteiger partial charge in [0.15, 0.2) is 12.7 Å². The Morgan fingerprint density at radius 3 is 2.64 bits per heavy atom. The minimum absolute atomic E-state index is 0.188. The molecule has 0 aliphatic rings. The van der Waals surface area contributed by atoms with Gasteiger partial charge in [-0.05, 0) is 55.8 Å². The van der Waals surface area contributed by atoms with Crippen LogP contribution in [0.3, 0.4) is 0 Å². The van der Waals surface area contributed by atoms with Crippen molar-refractivity contribution in [2.24, 2.45) is 0 Å². The van der Waals surface area contributed by atoms with E-state index in [1.165, 1.54) is 0 Å². The molecule has 8 heteroatoms. The van der Waals surface area contributed by atoms with Gasteiger partial charge in [-0.3, -0.25) is 0 Å². The van der Waals surface area contributed by atoms with E-state index in [0.717, 1.165) is 16.9 Å². The number of halogens is 1. The summed E-state index contributed by atoms with van der Waals surface area (Å²) in [6.45, 7) is 3.26. The fourth-order valence-electron chi connectivity index (χ4n) is 2.39. The third kappa shape index (κ3) is 4.80. The summed E-state index contributed by atoms with van der Waals surface area (Å²) in [6.07, 6.45) is -0.719. The lowest BCUT2D eigenvalue weighted by Crippen LogP contribution is -2.17. The van der Waals surface area contributed by atoms with E-state index in [0.29, 0.717) is 16.7 Å². The Labute approximate surface area is 167 Å². The van der Waals surface area contributed by atoms with Crippen LogP contribution in [-0.2, 0) is 9.53 Å². The summed E-state index contributed by atoms with van der Waals surface area (Å²) in [7, 11) is 1.59. The summed E-state index contributed by atoms with van der Waals surface area (Å²) in [5.41, 5.74) is 1.70. The second-order valence-corrected chi connectivity index (χ2v) is 6.44. The zero-order chi connectivity index (χ0) is 20.1. The largest absolute Gasteiger partial charge is 0.497 e. The van der Waals surface area contributed by atoms with E-state index >= 15 is 0 Å². The molecule has 1 atom stereocenters. The molecule has 3 aromatic rings. The van der Waals surface area contributed by atoms with Gasteiger partial charge in [0.05, 0.1) is 12.1 Å². The number of aromatic nitrogens is 2. The lowest BCUT2D eigenvalue weighted by atomic mass is 10.2. The molecule has 0 aliphatic heterocycles. The molecule has 28 heavy (non-hydrogen) atoms. The van der Waals surface area contributed by atoms with E-state index < -0.39 is 12.1 Å². The highest BCUT2D eigenvalue weighted by Crippen LogP contribution is 2.26. The summed E-state index contributed by atoms with van der Waals surface area (Å²) in [5, 5.41) is 8.36. The number of benzene rings is 2. The highest BCUT2D eigenvalue weighted by Gasteiger charge is 2.19. The average Bonchev–Trinajstić information content (AvgIpc) is 3.19. The summed E-state index contributed by atoms with van der Waals surface area (Å²) in [6, 6.07) is 12.5. The van der Waals surface area contributed by atoms with Crippen molar-refractivity contribution in [2.45, 2.75) is 20.0 Å². The van der Waals surface area contributed by atoms with E-state index in [2.05, 4.69) is 10.2 Å². The first kappa shape index (κ1) is 19.7. The molecule has 0 saturated heterocycles. The highest BCUT2D eigenvalue weighted by molar-refractivity contribution is 6.32. The highest BCUT2D eigenvalue weighted by atomic mass is 35.5. The molecule has 0 aliphatic carbocycles. The van der Waals surface area contributed by atoms with Crippen LogP contribution in [0.4, 0.5) is 0 Å². The van der Waals surface area contributed by atoms with E-state index in [4.69, 9.17) is 30.2 Å². The van der Waals surface area contributed by atoms with Gasteiger partial charge in [-0.15, -0.1) is 10.2 Å². The smallest absolute Gasteiger partial charge is 0.344 e. The van der Waals surface area contributed by atoms with E-state index in [1.807, 2.05) is 13.0 Å². The molecule has 0 radical (unpaired) electrons. The third-order valence-electron chi connectivity index (χ3n) is 3.87. The molecule has 0 saturated carbocycles. The Morgan fingerprint density at radius 2 is 1.93 bits per heavy atom. The fourth-order valence-corrected chi connectivity index (χ4v) is 2.56. The van der Waals surface area contributed by atoms with Crippen molar-refractivity contribution < 1.29 is 23.4 Å². The normalized spacial score (nSPS) is 11.7. The van der Waals surface area contributed by atoms with Gasteiger partial charge in [0.2, 0.25) is 5.89 Å². The van der Waals surface area contributed by atoms with Crippen molar-refractivity contribution in [3.05, 3.63) is 58.9 Å². The quantitative estimate of drug-likeness (QED) is 0.542. The molecule has 0 bridgehead atoms. The number of hydrogen-bond donors (Lipinski definition) is 0. The number of rotatable bonds is 7. The maximum Gasteiger partial charge on any atom is 0.344 e. The van der Waals surface area contributed by atoms with Crippen LogP contribution in [0.25, 0.3) is 11.5 Å². The molecule has 1 unspecified atom stereocenters. The summed E-state index contributed by atoms with van der Waals surface area (Å²) < 4.78 is 21.4. The second-order valence-electron chi connectivity index (χ2n) is 6.03. The van der Waals surface area contributed by atoms with E-state index in [9.17, 15) is 4.79 Å². The molecule has 2 aromatic carbocycles. The molecular weight excluding hydrogens is 384 g/mol. The van der Waals surface area contributed by atoms with Crippen LogP contribution < -0.4 is 9.47 Å². The van der Waals surface area contributed by atoms with Crippen LogP contribution in [0.15, 0.2) is 46.9 Å². The first-order chi connectivity index (χ1) is 13.5. The number of esters is 1. The van der Waals surface area contributed by atoms with Gasteiger partial charge in [-0.1, -0.05) is 17.7 Å². The monoisotopic (exact) mass is 402 g/mol. The first-order valence-corrected chi connectivity index (χ1v) is 8.90. The topological polar surface area (TPSA) is 83.7 Å². The number of nitrogens with zero attached hydrogens (tertiary/aromatic N) is 2. The molecule has 1 heterocycles. The van der Waals surface area contributed by atoms with Gasteiger partial charge in [-0.2, -0.15) is 0 Å². The second kappa shape index (κ2) is 8.75. The number of carbonyl (C=O) groups excluding carboxylic acids is 1. The lowest BCUT2D eigenvalue weighted by Gasteiger charge is -2.11. The Bertz CT molecular complexity index is 955. The number of carbonyl (C=O) groups is 1. The molecule has 0 fully saturated rings. The van der Waals surface area contributed by atoms with Crippen LogP contribution in [0.5, 0.6) is 11.5 Å². The van der Waals surface area contributed by atoms with Crippen LogP contribution in [-0.4, -0.2) is 29.9 Å². The first-order valence-electron chi connectivity index (χ1n) is 8.52. The van der Waals surface area contributed by atoms with Crippen molar-refractivity contribution in [3.8, 4) is 23.0 Å². The molecule has 146 valence electrons. The van der Waals surface area contributed by atoms with E-state index in [-0.39, 0.29) is 12.5 Å². The maximum absolute atomic E-state index is 12.0. The number of aryl methyl sites for hydroxylation is 1. The Balaban J connectivity index is 1.58. The number of hydrogen-bond acceptors (Lipinski definition) is 7.